The van der Waals surface area contributed by atoms with Crippen LogP contribution >= 0.6 is 15.9 Å². The third-order valence-electron chi connectivity index (χ3n) is 4.95. The van der Waals surface area contributed by atoms with Gasteiger partial charge in [-0.05, 0) is 55.3 Å². The summed E-state index contributed by atoms with van der Waals surface area (Å²) in [5.74, 6) is 0.900. The highest BCUT2D eigenvalue weighted by Gasteiger charge is 2.60. The third kappa shape index (κ3) is 1.32. The first-order valence-corrected chi connectivity index (χ1v) is 6.78. The second-order valence-electron chi connectivity index (χ2n) is 6.29. The SMILES string of the molecule is C=CC12CC3CC(Br)(C1)CC(C=C)(C3)C2. The van der Waals surface area contributed by atoms with Gasteiger partial charge in [0, 0.05) is 4.32 Å². The summed E-state index contributed by atoms with van der Waals surface area (Å²) < 4.78 is 0.398. The van der Waals surface area contributed by atoms with Gasteiger partial charge in [-0.1, -0.05) is 28.1 Å². The molecule has 4 aliphatic rings. The van der Waals surface area contributed by atoms with Gasteiger partial charge in [-0.25, -0.2) is 0 Å². The topological polar surface area (TPSA) is 0 Å². The normalized spacial score (nSPS) is 56.7. The highest BCUT2D eigenvalue weighted by Crippen LogP contribution is 2.69. The molecule has 0 radical (unpaired) electrons. The molecular formula is C14H19Br. The van der Waals surface area contributed by atoms with Crippen LogP contribution in [0.25, 0.3) is 0 Å². The van der Waals surface area contributed by atoms with Gasteiger partial charge in [-0.15, -0.1) is 13.2 Å². The Labute approximate surface area is 101 Å². The number of rotatable bonds is 2. The molecule has 0 aromatic carbocycles. The van der Waals surface area contributed by atoms with E-state index in [0.717, 1.165) is 5.92 Å². The van der Waals surface area contributed by atoms with E-state index in [1.54, 1.807) is 0 Å². The fraction of sp³-hybridized carbons (Fsp3) is 0.714. The standard InChI is InChI=1S/C14H19Br/c1-3-12-5-11-6-13(4-2,8-12)10-14(15,7-11)9-12/h3-4,11H,1-2,5-10H2. The molecule has 4 fully saturated rings. The van der Waals surface area contributed by atoms with Crippen molar-refractivity contribution in [2.24, 2.45) is 16.7 Å². The second kappa shape index (κ2) is 2.80. The summed E-state index contributed by atoms with van der Waals surface area (Å²) in [6, 6.07) is 0. The van der Waals surface area contributed by atoms with E-state index >= 15 is 0 Å². The minimum absolute atomic E-state index is 0.398. The molecule has 0 amide bonds. The molecule has 2 unspecified atom stereocenters. The summed E-state index contributed by atoms with van der Waals surface area (Å²) in [5, 5.41) is 0. The zero-order valence-electron chi connectivity index (χ0n) is 9.27. The van der Waals surface area contributed by atoms with Crippen LogP contribution in [0, 0.1) is 16.7 Å². The van der Waals surface area contributed by atoms with E-state index in [0.29, 0.717) is 15.2 Å². The summed E-state index contributed by atoms with van der Waals surface area (Å²) in [4.78, 5) is 0. The van der Waals surface area contributed by atoms with Gasteiger partial charge >= 0.3 is 0 Å². The average Bonchev–Trinajstić information content (AvgIpc) is 2.14. The van der Waals surface area contributed by atoms with Crippen LogP contribution in [0.15, 0.2) is 25.3 Å². The van der Waals surface area contributed by atoms with Gasteiger partial charge in [-0.2, -0.15) is 0 Å². The van der Waals surface area contributed by atoms with E-state index in [2.05, 4.69) is 41.2 Å². The van der Waals surface area contributed by atoms with Crippen molar-refractivity contribution in [1.82, 2.24) is 0 Å². The number of halogens is 1. The van der Waals surface area contributed by atoms with Crippen LogP contribution < -0.4 is 0 Å². The second-order valence-corrected chi connectivity index (χ2v) is 7.97. The lowest BCUT2D eigenvalue weighted by atomic mass is 9.44. The zero-order valence-corrected chi connectivity index (χ0v) is 10.9. The minimum atomic E-state index is 0.398. The van der Waals surface area contributed by atoms with Crippen molar-refractivity contribution in [3.8, 4) is 0 Å². The number of hydrogen-bond acceptors (Lipinski definition) is 0. The van der Waals surface area contributed by atoms with Crippen LogP contribution in [-0.4, -0.2) is 4.32 Å². The lowest BCUT2D eigenvalue weighted by Crippen LogP contribution is -2.56. The molecule has 0 saturated heterocycles. The molecule has 4 bridgehead atoms. The van der Waals surface area contributed by atoms with Crippen LogP contribution in [0.4, 0.5) is 0 Å². The Bertz CT molecular complexity index is 306. The summed E-state index contributed by atoms with van der Waals surface area (Å²) in [5.41, 5.74) is 0.828. The van der Waals surface area contributed by atoms with Crippen molar-refractivity contribution in [2.75, 3.05) is 0 Å². The maximum Gasteiger partial charge on any atom is 0.0277 e. The first kappa shape index (κ1) is 10.1. The van der Waals surface area contributed by atoms with Crippen molar-refractivity contribution in [3.05, 3.63) is 25.3 Å². The van der Waals surface area contributed by atoms with E-state index in [-0.39, 0.29) is 0 Å². The molecule has 0 N–H and O–H groups in total. The predicted octanol–water partition coefficient (Wildman–Crippen LogP) is 4.46. The first-order chi connectivity index (χ1) is 7.03. The molecule has 0 heterocycles. The molecular weight excluding hydrogens is 248 g/mol. The van der Waals surface area contributed by atoms with Crippen LogP contribution in [0.2, 0.25) is 0 Å². The first-order valence-electron chi connectivity index (χ1n) is 5.99. The number of alkyl halides is 1. The average molecular weight is 267 g/mol. The van der Waals surface area contributed by atoms with E-state index in [4.69, 9.17) is 0 Å². The zero-order chi connectivity index (χ0) is 10.7. The summed E-state index contributed by atoms with van der Waals surface area (Å²) in [6.45, 7) is 8.18. The largest absolute Gasteiger partial charge is 0.103 e. The van der Waals surface area contributed by atoms with E-state index in [1.807, 2.05) is 0 Å². The molecule has 15 heavy (non-hydrogen) atoms. The Morgan fingerprint density at radius 3 is 1.87 bits per heavy atom. The predicted molar refractivity (Wildman–Crippen MR) is 68.1 cm³/mol. The Balaban J connectivity index is 2.07. The number of allylic oxidation sites excluding steroid dienone is 2. The lowest BCUT2D eigenvalue weighted by Gasteiger charge is -2.64. The van der Waals surface area contributed by atoms with Gasteiger partial charge in [0.2, 0.25) is 0 Å². The smallest absolute Gasteiger partial charge is 0.0277 e. The van der Waals surface area contributed by atoms with Crippen molar-refractivity contribution in [3.63, 3.8) is 0 Å². The Morgan fingerprint density at radius 2 is 1.47 bits per heavy atom. The fourth-order valence-electron chi connectivity index (χ4n) is 4.92. The molecule has 82 valence electrons. The maximum absolute atomic E-state index is 4.09. The quantitative estimate of drug-likeness (QED) is 0.511. The van der Waals surface area contributed by atoms with Crippen LogP contribution in [-0.2, 0) is 0 Å². The molecule has 4 rings (SSSR count). The van der Waals surface area contributed by atoms with Gasteiger partial charge in [0.25, 0.3) is 0 Å². The van der Waals surface area contributed by atoms with E-state index < -0.39 is 0 Å². The van der Waals surface area contributed by atoms with Crippen molar-refractivity contribution >= 4 is 15.9 Å². The molecule has 0 spiro atoms. The minimum Gasteiger partial charge on any atom is -0.103 e. The molecule has 0 aliphatic heterocycles. The Kier molecular flexibility index (Phi) is 1.89. The van der Waals surface area contributed by atoms with Crippen LogP contribution in [0.1, 0.15) is 38.5 Å². The van der Waals surface area contributed by atoms with E-state index in [1.165, 1.54) is 38.5 Å². The van der Waals surface area contributed by atoms with Gasteiger partial charge in [0.1, 0.15) is 0 Å². The summed E-state index contributed by atoms with van der Waals surface area (Å²) in [6.07, 6.45) is 12.5. The summed E-state index contributed by atoms with van der Waals surface area (Å²) in [7, 11) is 0. The maximum atomic E-state index is 4.09. The van der Waals surface area contributed by atoms with Crippen LogP contribution in [0.5, 0.6) is 0 Å². The molecule has 4 aliphatic carbocycles. The van der Waals surface area contributed by atoms with Crippen molar-refractivity contribution in [1.29, 1.82) is 0 Å². The van der Waals surface area contributed by atoms with Gasteiger partial charge < -0.3 is 0 Å². The van der Waals surface area contributed by atoms with E-state index in [9.17, 15) is 0 Å². The molecule has 4 saturated carbocycles. The molecule has 0 aromatic rings. The summed E-state index contributed by atoms with van der Waals surface area (Å²) >= 11 is 4.01. The fourth-order valence-corrected chi connectivity index (χ4v) is 6.50. The van der Waals surface area contributed by atoms with Crippen molar-refractivity contribution < 1.29 is 0 Å². The van der Waals surface area contributed by atoms with Crippen LogP contribution in [0.3, 0.4) is 0 Å². The Morgan fingerprint density at radius 1 is 0.933 bits per heavy atom. The van der Waals surface area contributed by atoms with Gasteiger partial charge in [0.05, 0.1) is 0 Å². The highest BCUT2D eigenvalue weighted by molar-refractivity contribution is 9.10. The molecule has 0 aromatic heterocycles. The lowest BCUT2D eigenvalue weighted by molar-refractivity contribution is -0.0441. The number of hydrogen-bond donors (Lipinski definition) is 0. The monoisotopic (exact) mass is 266 g/mol. The van der Waals surface area contributed by atoms with Gasteiger partial charge in [0.15, 0.2) is 0 Å². The van der Waals surface area contributed by atoms with Crippen molar-refractivity contribution in [2.45, 2.75) is 42.8 Å². The van der Waals surface area contributed by atoms with Gasteiger partial charge in [-0.3, -0.25) is 0 Å². The highest BCUT2D eigenvalue weighted by atomic mass is 79.9. The molecule has 2 atom stereocenters. The molecule has 0 nitrogen and oxygen atoms in total. The Hall–Kier alpha value is -0.0400. The molecule has 1 heteroatoms. The third-order valence-corrected chi connectivity index (χ3v) is 5.84.